The van der Waals surface area contributed by atoms with Gasteiger partial charge in [0.05, 0.1) is 6.61 Å². The van der Waals surface area contributed by atoms with Gasteiger partial charge in [-0.15, -0.1) is 0 Å². The maximum atomic E-state index is 11.4. The molecule has 0 rings (SSSR count). The lowest BCUT2D eigenvalue weighted by Gasteiger charge is -2.04. The lowest BCUT2D eigenvalue weighted by atomic mass is 10.5. The van der Waals surface area contributed by atoms with E-state index in [1.54, 1.807) is 14.2 Å². The van der Waals surface area contributed by atoms with Crippen molar-refractivity contribution >= 4 is 10.8 Å². The highest BCUT2D eigenvalue weighted by atomic mass is 32.2. The fraction of sp³-hybridized carbons (Fsp3) is 1.00. The Kier molecular flexibility index (Phi) is 12.1. The number of hydrogen-bond donors (Lipinski definition) is 1. The molecule has 0 heterocycles. The molecule has 0 amide bonds. The average molecular weight is 237 g/mol. The van der Waals surface area contributed by atoms with Crippen molar-refractivity contribution in [1.29, 1.82) is 0 Å². The highest BCUT2D eigenvalue weighted by molar-refractivity contribution is 7.84. The Balaban J connectivity index is 3.10. The van der Waals surface area contributed by atoms with Gasteiger partial charge in [-0.1, -0.05) is 0 Å². The zero-order valence-corrected chi connectivity index (χ0v) is 10.6. The molecule has 0 aromatic carbocycles. The largest absolute Gasteiger partial charge is 0.385 e. The molecule has 1 N–H and O–H groups in total. The van der Waals surface area contributed by atoms with Crippen molar-refractivity contribution < 1.29 is 13.7 Å². The summed E-state index contributed by atoms with van der Waals surface area (Å²) in [7, 11) is 2.68. The van der Waals surface area contributed by atoms with Crippen molar-refractivity contribution in [2.75, 3.05) is 52.0 Å². The van der Waals surface area contributed by atoms with Gasteiger partial charge in [0, 0.05) is 49.7 Å². The van der Waals surface area contributed by atoms with Crippen LogP contribution in [0.4, 0.5) is 0 Å². The molecule has 0 spiro atoms. The Hall–Kier alpha value is 0.0300. The maximum absolute atomic E-state index is 11.4. The van der Waals surface area contributed by atoms with E-state index in [1.165, 1.54) is 0 Å². The SMILES string of the molecule is COCCCS(=O)CCCNCCOC. The third-order valence-electron chi connectivity index (χ3n) is 1.93. The number of nitrogens with one attached hydrogen (secondary N) is 1. The minimum Gasteiger partial charge on any atom is -0.385 e. The van der Waals surface area contributed by atoms with Crippen LogP contribution >= 0.6 is 0 Å². The summed E-state index contributed by atoms with van der Waals surface area (Å²) in [6.45, 7) is 3.22. The molecule has 4 nitrogen and oxygen atoms in total. The van der Waals surface area contributed by atoms with E-state index in [2.05, 4.69) is 5.32 Å². The van der Waals surface area contributed by atoms with E-state index in [1.807, 2.05) is 0 Å². The summed E-state index contributed by atoms with van der Waals surface area (Å²) >= 11 is 0. The zero-order chi connectivity index (χ0) is 11.4. The maximum Gasteiger partial charge on any atom is 0.0587 e. The van der Waals surface area contributed by atoms with E-state index in [-0.39, 0.29) is 0 Å². The highest BCUT2D eigenvalue weighted by Gasteiger charge is 1.98. The van der Waals surface area contributed by atoms with Crippen LogP contribution in [-0.2, 0) is 20.3 Å². The molecule has 5 heteroatoms. The summed E-state index contributed by atoms with van der Waals surface area (Å²) in [6, 6.07) is 0. The Morgan fingerprint density at radius 2 is 1.67 bits per heavy atom. The van der Waals surface area contributed by atoms with Crippen LogP contribution in [0, 0.1) is 0 Å². The van der Waals surface area contributed by atoms with Gasteiger partial charge in [0.2, 0.25) is 0 Å². The van der Waals surface area contributed by atoms with Crippen molar-refractivity contribution in [3.63, 3.8) is 0 Å². The molecule has 0 bridgehead atoms. The monoisotopic (exact) mass is 237 g/mol. The second-order valence-corrected chi connectivity index (χ2v) is 4.99. The quantitative estimate of drug-likeness (QED) is 0.528. The molecule has 15 heavy (non-hydrogen) atoms. The lowest BCUT2D eigenvalue weighted by Crippen LogP contribution is -2.21. The molecular formula is C10H23NO3S. The summed E-state index contributed by atoms with van der Waals surface area (Å²) < 4.78 is 21.2. The summed E-state index contributed by atoms with van der Waals surface area (Å²) in [4.78, 5) is 0. The normalized spacial score (nSPS) is 12.9. The Bertz CT molecular complexity index is 156. The topological polar surface area (TPSA) is 47.6 Å². The van der Waals surface area contributed by atoms with Gasteiger partial charge in [-0.2, -0.15) is 0 Å². The molecule has 0 saturated heterocycles. The second kappa shape index (κ2) is 12.1. The summed E-state index contributed by atoms with van der Waals surface area (Å²) in [5, 5.41) is 3.22. The zero-order valence-electron chi connectivity index (χ0n) is 9.79. The van der Waals surface area contributed by atoms with Crippen LogP contribution in [0.2, 0.25) is 0 Å². The smallest absolute Gasteiger partial charge is 0.0587 e. The van der Waals surface area contributed by atoms with Crippen molar-refractivity contribution in [2.24, 2.45) is 0 Å². The standard InChI is InChI=1S/C10H23NO3S/c1-13-7-4-10-15(12)9-3-5-11-6-8-14-2/h11H,3-10H2,1-2H3. The third kappa shape index (κ3) is 12.0. The lowest BCUT2D eigenvalue weighted by molar-refractivity contribution is 0.199. The summed E-state index contributed by atoms with van der Waals surface area (Å²) in [5.41, 5.74) is 0. The van der Waals surface area contributed by atoms with Crippen molar-refractivity contribution in [1.82, 2.24) is 5.32 Å². The molecule has 0 aliphatic heterocycles. The molecule has 1 atom stereocenters. The molecule has 92 valence electrons. The van der Waals surface area contributed by atoms with Crippen LogP contribution in [0.5, 0.6) is 0 Å². The molecule has 0 saturated carbocycles. The summed E-state index contributed by atoms with van der Waals surface area (Å²) in [6.07, 6.45) is 1.85. The third-order valence-corrected chi connectivity index (χ3v) is 3.42. The minimum absolute atomic E-state index is 0.680. The van der Waals surface area contributed by atoms with E-state index >= 15 is 0 Å². The predicted octanol–water partition coefficient (Wildman–Crippen LogP) is 0.398. The van der Waals surface area contributed by atoms with Crippen molar-refractivity contribution in [3.8, 4) is 0 Å². The van der Waals surface area contributed by atoms with E-state index in [4.69, 9.17) is 9.47 Å². The first-order chi connectivity index (χ1) is 7.31. The Morgan fingerprint density at radius 3 is 2.33 bits per heavy atom. The first-order valence-electron chi connectivity index (χ1n) is 5.34. The van der Waals surface area contributed by atoms with Crippen LogP contribution in [0.15, 0.2) is 0 Å². The first-order valence-corrected chi connectivity index (χ1v) is 6.83. The van der Waals surface area contributed by atoms with Gasteiger partial charge in [0.1, 0.15) is 0 Å². The molecular weight excluding hydrogens is 214 g/mol. The van der Waals surface area contributed by atoms with Gasteiger partial charge in [-0.05, 0) is 19.4 Å². The predicted molar refractivity (Wildman–Crippen MR) is 63.7 cm³/mol. The van der Waals surface area contributed by atoms with E-state index in [0.29, 0.717) is 6.61 Å². The van der Waals surface area contributed by atoms with Crippen LogP contribution < -0.4 is 5.32 Å². The van der Waals surface area contributed by atoms with Crippen LogP contribution in [-0.4, -0.2) is 56.2 Å². The van der Waals surface area contributed by atoms with Gasteiger partial charge < -0.3 is 14.8 Å². The molecule has 0 aliphatic rings. The molecule has 1 unspecified atom stereocenters. The molecule has 0 radical (unpaired) electrons. The number of ether oxygens (including phenoxy) is 2. The van der Waals surface area contributed by atoms with Gasteiger partial charge in [-0.25, -0.2) is 0 Å². The minimum atomic E-state index is -0.680. The summed E-state index contributed by atoms with van der Waals surface area (Å²) in [5.74, 6) is 1.54. The van der Waals surface area contributed by atoms with Gasteiger partial charge in [0.15, 0.2) is 0 Å². The molecule has 0 aromatic heterocycles. The second-order valence-electron chi connectivity index (χ2n) is 3.29. The first kappa shape index (κ1) is 15.0. The number of methoxy groups -OCH3 is 2. The van der Waals surface area contributed by atoms with Crippen LogP contribution in [0.25, 0.3) is 0 Å². The Labute approximate surface area is 95.2 Å². The fourth-order valence-corrected chi connectivity index (χ4v) is 2.23. The van der Waals surface area contributed by atoms with Crippen molar-refractivity contribution in [3.05, 3.63) is 0 Å². The average Bonchev–Trinajstić information content (AvgIpc) is 2.23. The van der Waals surface area contributed by atoms with E-state index < -0.39 is 10.8 Å². The molecule has 0 aromatic rings. The van der Waals surface area contributed by atoms with Gasteiger partial charge in [-0.3, -0.25) is 4.21 Å². The van der Waals surface area contributed by atoms with Gasteiger partial charge in [0.25, 0.3) is 0 Å². The van der Waals surface area contributed by atoms with Crippen LogP contribution in [0.3, 0.4) is 0 Å². The van der Waals surface area contributed by atoms with Gasteiger partial charge >= 0.3 is 0 Å². The van der Waals surface area contributed by atoms with E-state index in [0.717, 1.165) is 44.0 Å². The highest BCUT2D eigenvalue weighted by Crippen LogP contribution is 1.91. The molecule has 0 fully saturated rings. The molecule has 0 aliphatic carbocycles. The number of rotatable bonds is 11. The fourth-order valence-electron chi connectivity index (χ4n) is 1.12. The van der Waals surface area contributed by atoms with Crippen molar-refractivity contribution in [2.45, 2.75) is 12.8 Å². The van der Waals surface area contributed by atoms with E-state index in [9.17, 15) is 4.21 Å². The number of hydrogen-bond acceptors (Lipinski definition) is 4. The Morgan fingerprint density at radius 1 is 1.00 bits per heavy atom. The van der Waals surface area contributed by atoms with Crippen LogP contribution in [0.1, 0.15) is 12.8 Å².